The first-order valence-corrected chi connectivity index (χ1v) is 6.83. The summed E-state index contributed by atoms with van der Waals surface area (Å²) >= 11 is 0. The van der Waals surface area contributed by atoms with Crippen molar-refractivity contribution >= 4 is 5.97 Å². The minimum atomic E-state index is -0.717. The second-order valence-corrected chi connectivity index (χ2v) is 4.96. The molecule has 0 saturated heterocycles. The minimum absolute atomic E-state index is 0.170. The van der Waals surface area contributed by atoms with Crippen molar-refractivity contribution in [3.63, 3.8) is 0 Å². The normalized spacial score (nSPS) is 16.3. The molecule has 0 aromatic heterocycles. The Balaban J connectivity index is 1.58. The van der Waals surface area contributed by atoms with Gasteiger partial charge in [-0.05, 0) is 24.6 Å². The highest BCUT2D eigenvalue weighted by Crippen LogP contribution is 2.31. The average Bonchev–Trinajstić information content (AvgIpc) is 2.53. The lowest BCUT2D eigenvalue weighted by molar-refractivity contribution is -0.155. The molecule has 2 aromatic rings. The molecule has 0 N–H and O–H groups in total. The van der Waals surface area contributed by atoms with Crippen molar-refractivity contribution in [2.45, 2.75) is 19.6 Å². The Morgan fingerprint density at radius 1 is 1.14 bits per heavy atom. The summed E-state index contributed by atoms with van der Waals surface area (Å²) < 4.78 is 16.4. The summed E-state index contributed by atoms with van der Waals surface area (Å²) in [7, 11) is 0. The number of aryl methyl sites for hydroxylation is 1. The predicted octanol–water partition coefficient (Wildman–Crippen LogP) is 2.88. The standard InChI is InChI=1S/C17H16O4/c1-12-6-8-13(9-7-12)10-20-17(18)16-11-19-14-4-2-3-5-15(14)21-16/h2-9,16H,10-11H2,1H3/t16-/m0/s1. The first-order chi connectivity index (χ1) is 10.2. The fraction of sp³-hybridized carbons (Fsp3) is 0.235. The first kappa shape index (κ1) is 13.5. The van der Waals surface area contributed by atoms with Crippen molar-refractivity contribution in [3.8, 4) is 11.5 Å². The number of benzene rings is 2. The molecule has 1 atom stereocenters. The van der Waals surface area contributed by atoms with Crippen LogP contribution >= 0.6 is 0 Å². The van der Waals surface area contributed by atoms with Crippen LogP contribution in [0.3, 0.4) is 0 Å². The van der Waals surface area contributed by atoms with Gasteiger partial charge in [-0.3, -0.25) is 0 Å². The largest absolute Gasteiger partial charge is 0.485 e. The Morgan fingerprint density at radius 3 is 2.62 bits per heavy atom. The van der Waals surface area contributed by atoms with Crippen molar-refractivity contribution in [3.05, 3.63) is 59.7 Å². The van der Waals surface area contributed by atoms with Crippen molar-refractivity contribution in [2.24, 2.45) is 0 Å². The van der Waals surface area contributed by atoms with Crippen molar-refractivity contribution < 1.29 is 19.0 Å². The summed E-state index contributed by atoms with van der Waals surface area (Å²) in [5.41, 5.74) is 2.12. The first-order valence-electron chi connectivity index (χ1n) is 6.83. The number of carbonyl (C=O) groups excluding carboxylic acids is 1. The lowest BCUT2D eigenvalue weighted by atomic mass is 10.2. The monoisotopic (exact) mass is 284 g/mol. The third-order valence-electron chi connectivity index (χ3n) is 3.27. The maximum atomic E-state index is 12.0. The summed E-state index contributed by atoms with van der Waals surface area (Å²) in [5, 5.41) is 0. The molecule has 0 radical (unpaired) electrons. The smallest absolute Gasteiger partial charge is 0.351 e. The van der Waals surface area contributed by atoms with Crippen molar-refractivity contribution in [1.29, 1.82) is 0 Å². The second-order valence-electron chi connectivity index (χ2n) is 4.96. The van der Waals surface area contributed by atoms with E-state index in [1.54, 1.807) is 6.07 Å². The molecule has 108 valence electrons. The topological polar surface area (TPSA) is 44.8 Å². The fourth-order valence-electron chi connectivity index (χ4n) is 2.07. The van der Waals surface area contributed by atoms with Gasteiger partial charge in [0.15, 0.2) is 11.5 Å². The van der Waals surface area contributed by atoms with Gasteiger partial charge < -0.3 is 14.2 Å². The maximum absolute atomic E-state index is 12.0. The zero-order chi connectivity index (χ0) is 14.7. The lowest BCUT2D eigenvalue weighted by Gasteiger charge is -2.24. The Morgan fingerprint density at radius 2 is 1.86 bits per heavy atom. The Kier molecular flexibility index (Phi) is 3.77. The average molecular weight is 284 g/mol. The van der Waals surface area contributed by atoms with Gasteiger partial charge in [0.2, 0.25) is 6.10 Å². The predicted molar refractivity (Wildman–Crippen MR) is 77.3 cm³/mol. The molecule has 1 aliphatic rings. The van der Waals surface area contributed by atoms with E-state index in [9.17, 15) is 4.79 Å². The van der Waals surface area contributed by atoms with Gasteiger partial charge in [-0.15, -0.1) is 0 Å². The Hall–Kier alpha value is -2.49. The zero-order valence-electron chi connectivity index (χ0n) is 11.7. The molecule has 3 rings (SSSR count). The lowest BCUT2D eigenvalue weighted by Crippen LogP contribution is -2.37. The summed E-state index contributed by atoms with van der Waals surface area (Å²) in [6, 6.07) is 15.1. The highest BCUT2D eigenvalue weighted by atomic mass is 16.6. The van der Waals surface area contributed by atoms with Gasteiger partial charge in [0.05, 0.1) is 0 Å². The van der Waals surface area contributed by atoms with Crippen LogP contribution in [-0.2, 0) is 16.1 Å². The summed E-state index contributed by atoms with van der Waals surface area (Å²) in [6.45, 7) is 2.42. The van der Waals surface area contributed by atoms with E-state index in [1.165, 1.54) is 5.56 Å². The van der Waals surface area contributed by atoms with Crippen LogP contribution in [0.1, 0.15) is 11.1 Å². The molecule has 0 aliphatic carbocycles. The molecule has 0 bridgehead atoms. The van der Waals surface area contributed by atoms with Crippen LogP contribution < -0.4 is 9.47 Å². The molecule has 0 unspecified atom stereocenters. The van der Waals surface area contributed by atoms with Gasteiger partial charge in [-0.25, -0.2) is 4.79 Å². The van der Waals surface area contributed by atoms with E-state index >= 15 is 0 Å². The molecule has 0 amide bonds. The summed E-state index contributed by atoms with van der Waals surface area (Å²) in [4.78, 5) is 12.0. The van der Waals surface area contributed by atoms with Gasteiger partial charge in [0.1, 0.15) is 13.2 Å². The van der Waals surface area contributed by atoms with Gasteiger partial charge in [0.25, 0.3) is 0 Å². The molecule has 1 heterocycles. The van der Waals surface area contributed by atoms with E-state index in [0.717, 1.165) is 5.56 Å². The molecular formula is C17H16O4. The van der Waals surface area contributed by atoms with Gasteiger partial charge in [-0.2, -0.15) is 0 Å². The molecular weight excluding hydrogens is 268 g/mol. The third-order valence-corrected chi connectivity index (χ3v) is 3.27. The van der Waals surface area contributed by atoms with Gasteiger partial charge >= 0.3 is 5.97 Å². The Labute approximate surface area is 123 Å². The van der Waals surface area contributed by atoms with E-state index in [4.69, 9.17) is 14.2 Å². The molecule has 4 heteroatoms. The molecule has 0 fully saturated rings. The number of para-hydroxylation sites is 2. The number of fused-ring (bicyclic) bond motifs is 1. The maximum Gasteiger partial charge on any atom is 0.351 e. The quantitative estimate of drug-likeness (QED) is 0.813. The molecule has 4 nitrogen and oxygen atoms in total. The summed E-state index contributed by atoms with van der Waals surface area (Å²) in [6.07, 6.45) is -0.717. The Bertz CT molecular complexity index is 633. The zero-order valence-corrected chi connectivity index (χ0v) is 11.7. The number of carbonyl (C=O) groups is 1. The van der Waals surface area contributed by atoms with Crippen LogP contribution in [0.15, 0.2) is 48.5 Å². The van der Waals surface area contributed by atoms with Crippen LogP contribution in [0, 0.1) is 6.92 Å². The number of esters is 1. The number of hydrogen-bond donors (Lipinski definition) is 0. The van der Waals surface area contributed by atoms with Crippen LogP contribution in [0.4, 0.5) is 0 Å². The van der Waals surface area contributed by atoms with E-state index in [2.05, 4.69) is 0 Å². The molecule has 0 spiro atoms. The van der Waals surface area contributed by atoms with E-state index in [-0.39, 0.29) is 13.2 Å². The second kappa shape index (κ2) is 5.87. The highest BCUT2D eigenvalue weighted by molar-refractivity contribution is 5.76. The van der Waals surface area contributed by atoms with E-state index in [1.807, 2.05) is 49.4 Å². The fourth-order valence-corrected chi connectivity index (χ4v) is 2.07. The highest BCUT2D eigenvalue weighted by Gasteiger charge is 2.28. The van der Waals surface area contributed by atoms with Crippen molar-refractivity contribution in [1.82, 2.24) is 0 Å². The SMILES string of the molecule is Cc1ccc(COC(=O)[C@@H]2COc3ccccc3O2)cc1. The van der Waals surface area contributed by atoms with Crippen LogP contribution in [-0.4, -0.2) is 18.7 Å². The van der Waals surface area contributed by atoms with E-state index in [0.29, 0.717) is 11.5 Å². The van der Waals surface area contributed by atoms with Crippen molar-refractivity contribution in [2.75, 3.05) is 6.61 Å². The number of hydrogen-bond acceptors (Lipinski definition) is 4. The number of rotatable bonds is 3. The van der Waals surface area contributed by atoms with E-state index < -0.39 is 12.1 Å². The van der Waals surface area contributed by atoms with Crippen LogP contribution in [0.2, 0.25) is 0 Å². The third kappa shape index (κ3) is 3.16. The van der Waals surface area contributed by atoms with Crippen LogP contribution in [0.5, 0.6) is 11.5 Å². The summed E-state index contributed by atoms with van der Waals surface area (Å²) in [5.74, 6) is 0.811. The van der Waals surface area contributed by atoms with Crippen LogP contribution in [0.25, 0.3) is 0 Å². The minimum Gasteiger partial charge on any atom is -0.485 e. The van der Waals surface area contributed by atoms with Gasteiger partial charge in [0, 0.05) is 0 Å². The molecule has 2 aromatic carbocycles. The van der Waals surface area contributed by atoms with Gasteiger partial charge in [-0.1, -0.05) is 42.0 Å². The molecule has 21 heavy (non-hydrogen) atoms. The molecule has 0 saturated carbocycles. The molecule has 1 aliphatic heterocycles. The number of ether oxygens (including phenoxy) is 3.